The number of thioether (sulfide) groups is 1. The molecule has 68 valence electrons. The van der Waals surface area contributed by atoms with Crippen LogP contribution in [0, 0.1) is 23.2 Å². The Morgan fingerprint density at radius 2 is 2.25 bits per heavy atom. The summed E-state index contributed by atoms with van der Waals surface area (Å²) in [5, 5.41) is 9.47. The van der Waals surface area contributed by atoms with E-state index in [2.05, 4.69) is 19.9 Å². The van der Waals surface area contributed by atoms with Crippen molar-refractivity contribution in [3.05, 3.63) is 0 Å². The summed E-state index contributed by atoms with van der Waals surface area (Å²) in [5.74, 6) is 2.31. The summed E-state index contributed by atoms with van der Waals surface area (Å²) in [6.45, 7) is 4.48. The van der Waals surface area contributed by atoms with Gasteiger partial charge in [0.25, 0.3) is 0 Å². The number of hydrogen-bond donors (Lipinski definition) is 0. The van der Waals surface area contributed by atoms with Crippen LogP contribution >= 0.6 is 11.8 Å². The van der Waals surface area contributed by atoms with Crippen molar-refractivity contribution in [3.8, 4) is 6.07 Å². The number of hydrogen-bond acceptors (Lipinski definition) is 2. The third kappa shape index (κ3) is 2.71. The molecule has 2 unspecified atom stereocenters. The second kappa shape index (κ2) is 4.77. The molecule has 0 heterocycles. The van der Waals surface area contributed by atoms with E-state index in [1.54, 1.807) is 0 Å². The Morgan fingerprint density at radius 1 is 1.50 bits per heavy atom. The third-order valence-corrected chi connectivity index (χ3v) is 4.11. The molecular weight excluding hydrogens is 166 g/mol. The normalized spacial score (nSPS) is 29.2. The van der Waals surface area contributed by atoms with Crippen molar-refractivity contribution in [2.45, 2.75) is 38.4 Å². The molecule has 0 aliphatic heterocycles. The predicted molar refractivity (Wildman–Crippen MR) is 54.0 cm³/mol. The van der Waals surface area contributed by atoms with Gasteiger partial charge < -0.3 is 0 Å². The lowest BCUT2D eigenvalue weighted by Crippen LogP contribution is -2.09. The van der Waals surface area contributed by atoms with Gasteiger partial charge in [-0.1, -0.05) is 20.3 Å². The largest absolute Gasteiger partial charge is 0.198 e. The summed E-state index contributed by atoms with van der Waals surface area (Å²) in [7, 11) is 0. The molecule has 1 rings (SSSR count). The second-order valence-corrected chi connectivity index (χ2v) is 5.20. The van der Waals surface area contributed by atoms with E-state index in [-0.39, 0.29) is 0 Å². The zero-order chi connectivity index (χ0) is 8.97. The van der Waals surface area contributed by atoms with Crippen molar-refractivity contribution in [2.75, 3.05) is 5.75 Å². The van der Waals surface area contributed by atoms with E-state index in [0.29, 0.717) is 11.2 Å². The maximum Gasteiger partial charge on any atom is 0.0667 e. The molecular formula is C10H17NS. The maximum atomic E-state index is 8.84. The first-order chi connectivity index (χ1) is 5.74. The van der Waals surface area contributed by atoms with E-state index in [1.807, 2.05) is 11.8 Å². The molecule has 1 aliphatic rings. The van der Waals surface area contributed by atoms with Crippen LogP contribution in [0.15, 0.2) is 0 Å². The molecule has 0 saturated heterocycles. The minimum atomic E-state index is 0.341. The average molecular weight is 183 g/mol. The molecule has 0 N–H and O–H groups in total. The molecule has 2 heteroatoms. The minimum absolute atomic E-state index is 0.341. The summed E-state index contributed by atoms with van der Waals surface area (Å²) in [4.78, 5) is 0. The number of nitrogens with zero attached hydrogens (tertiary/aromatic N) is 1. The lowest BCUT2D eigenvalue weighted by atomic mass is 10.1. The summed E-state index contributed by atoms with van der Waals surface area (Å²) in [6, 6.07) is 2.42. The van der Waals surface area contributed by atoms with Crippen LogP contribution in [0.25, 0.3) is 0 Å². The Balaban J connectivity index is 2.27. The van der Waals surface area contributed by atoms with Crippen LogP contribution in [0.2, 0.25) is 0 Å². The minimum Gasteiger partial charge on any atom is -0.198 e. The molecule has 1 saturated carbocycles. The molecule has 2 atom stereocenters. The van der Waals surface area contributed by atoms with E-state index in [9.17, 15) is 0 Å². The summed E-state index contributed by atoms with van der Waals surface area (Å²) < 4.78 is 0. The fraction of sp³-hybridized carbons (Fsp3) is 0.900. The van der Waals surface area contributed by atoms with Crippen molar-refractivity contribution in [1.82, 2.24) is 0 Å². The topological polar surface area (TPSA) is 23.8 Å². The van der Waals surface area contributed by atoms with Crippen LogP contribution in [0.4, 0.5) is 0 Å². The van der Waals surface area contributed by atoms with E-state index in [4.69, 9.17) is 5.26 Å². The van der Waals surface area contributed by atoms with Crippen LogP contribution in [0.3, 0.4) is 0 Å². The molecule has 12 heavy (non-hydrogen) atoms. The van der Waals surface area contributed by atoms with Gasteiger partial charge in [-0.05, 0) is 24.5 Å². The molecule has 1 nitrogen and oxygen atoms in total. The van der Waals surface area contributed by atoms with Crippen LogP contribution in [-0.2, 0) is 0 Å². The van der Waals surface area contributed by atoms with Gasteiger partial charge in [0.05, 0.1) is 12.0 Å². The highest BCUT2D eigenvalue weighted by Gasteiger charge is 2.27. The molecule has 0 aromatic rings. The first-order valence-electron chi connectivity index (χ1n) is 4.75. The highest BCUT2D eigenvalue weighted by molar-refractivity contribution is 7.99. The highest BCUT2D eigenvalue weighted by Crippen LogP contribution is 2.35. The van der Waals surface area contributed by atoms with E-state index in [0.717, 1.165) is 12.3 Å². The van der Waals surface area contributed by atoms with Crippen molar-refractivity contribution >= 4 is 11.8 Å². The number of nitriles is 1. The van der Waals surface area contributed by atoms with E-state index < -0.39 is 0 Å². The lowest BCUT2D eigenvalue weighted by Gasteiger charge is -2.13. The monoisotopic (exact) mass is 183 g/mol. The highest BCUT2D eigenvalue weighted by atomic mass is 32.2. The number of rotatable bonds is 3. The summed E-state index contributed by atoms with van der Waals surface area (Å²) in [5.41, 5.74) is 0. The second-order valence-electron chi connectivity index (χ2n) is 3.93. The molecule has 0 spiro atoms. The van der Waals surface area contributed by atoms with Crippen LogP contribution < -0.4 is 0 Å². The first-order valence-corrected chi connectivity index (χ1v) is 5.80. The van der Waals surface area contributed by atoms with Crippen LogP contribution in [0.5, 0.6) is 0 Å². The predicted octanol–water partition coefficient (Wildman–Crippen LogP) is 3.07. The van der Waals surface area contributed by atoms with Crippen LogP contribution in [-0.4, -0.2) is 11.0 Å². The molecule has 0 aromatic heterocycles. The molecule has 0 radical (unpaired) electrons. The Bertz CT molecular complexity index is 171. The van der Waals surface area contributed by atoms with Crippen molar-refractivity contribution in [1.29, 1.82) is 5.26 Å². The van der Waals surface area contributed by atoms with Crippen molar-refractivity contribution in [2.24, 2.45) is 11.8 Å². The van der Waals surface area contributed by atoms with Crippen molar-refractivity contribution < 1.29 is 0 Å². The Morgan fingerprint density at radius 3 is 2.83 bits per heavy atom. The van der Waals surface area contributed by atoms with Gasteiger partial charge in [-0.25, -0.2) is 0 Å². The molecule has 0 amide bonds. The average Bonchev–Trinajstić information content (AvgIpc) is 2.47. The van der Waals surface area contributed by atoms with Gasteiger partial charge >= 0.3 is 0 Å². The van der Waals surface area contributed by atoms with Gasteiger partial charge in [0.2, 0.25) is 0 Å². The smallest absolute Gasteiger partial charge is 0.0667 e. The zero-order valence-corrected chi connectivity index (χ0v) is 8.73. The molecule has 1 aliphatic carbocycles. The summed E-state index contributed by atoms with van der Waals surface area (Å²) in [6.07, 6.45) is 3.65. The van der Waals surface area contributed by atoms with E-state index in [1.165, 1.54) is 18.6 Å². The zero-order valence-electron chi connectivity index (χ0n) is 7.92. The SMILES string of the molecule is CC(C)CSC1CCCC1C#N. The fourth-order valence-electron chi connectivity index (χ4n) is 1.59. The van der Waals surface area contributed by atoms with Gasteiger partial charge in [0.15, 0.2) is 0 Å². The van der Waals surface area contributed by atoms with Gasteiger partial charge in [-0.2, -0.15) is 17.0 Å². The fourth-order valence-corrected chi connectivity index (χ4v) is 2.98. The van der Waals surface area contributed by atoms with Crippen molar-refractivity contribution in [3.63, 3.8) is 0 Å². The van der Waals surface area contributed by atoms with Gasteiger partial charge in [-0.15, -0.1) is 0 Å². The first kappa shape index (κ1) is 9.92. The standard InChI is InChI=1S/C10H17NS/c1-8(2)7-12-10-5-3-4-9(10)6-11/h8-10H,3-5,7H2,1-2H3. The summed E-state index contributed by atoms with van der Waals surface area (Å²) >= 11 is 2.00. The van der Waals surface area contributed by atoms with Crippen LogP contribution in [0.1, 0.15) is 33.1 Å². The van der Waals surface area contributed by atoms with Gasteiger partial charge in [0.1, 0.15) is 0 Å². The molecule has 1 fully saturated rings. The van der Waals surface area contributed by atoms with E-state index >= 15 is 0 Å². The lowest BCUT2D eigenvalue weighted by molar-refractivity contribution is 0.704. The Kier molecular flexibility index (Phi) is 3.94. The Hall–Kier alpha value is -0.160. The third-order valence-electron chi connectivity index (χ3n) is 2.26. The molecule has 0 bridgehead atoms. The quantitative estimate of drug-likeness (QED) is 0.671. The maximum absolute atomic E-state index is 8.84. The Labute approximate surface area is 79.5 Å². The molecule has 0 aromatic carbocycles. The van der Waals surface area contributed by atoms with Gasteiger partial charge in [-0.3, -0.25) is 0 Å². The van der Waals surface area contributed by atoms with Gasteiger partial charge in [0, 0.05) is 5.25 Å².